The van der Waals surface area contributed by atoms with Crippen LogP contribution in [0.4, 0.5) is 0 Å². The van der Waals surface area contributed by atoms with Crippen LogP contribution in [0.25, 0.3) is 22.6 Å². The number of aromatic amines is 1. The average molecular weight is 477 g/mol. The van der Waals surface area contributed by atoms with Gasteiger partial charge in [-0.25, -0.2) is 4.98 Å². The minimum atomic E-state index is -0.0195. The van der Waals surface area contributed by atoms with Gasteiger partial charge in [0, 0.05) is 35.8 Å². The van der Waals surface area contributed by atoms with Gasteiger partial charge in [-0.1, -0.05) is 22.0 Å². The van der Waals surface area contributed by atoms with Crippen LogP contribution in [0.1, 0.15) is 31.4 Å². The highest BCUT2D eigenvalue weighted by atomic mass is 79.9. The molecular formula is C24H21BrN4O2. The quantitative estimate of drug-likeness (QED) is 0.400. The van der Waals surface area contributed by atoms with Crippen molar-refractivity contribution in [2.24, 2.45) is 0 Å². The van der Waals surface area contributed by atoms with Crippen LogP contribution in [0.3, 0.4) is 0 Å². The van der Waals surface area contributed by atoms with E-state index >= 15 is 0 Å². The minimum absolute atomic E-state index is 0.0195. The Bertz CT molecular complexity index is 1240. The Balaban J connectivity index is 1.62. The van der Waals surface area contributed by atoms with E-state index in [9.17, 15) is 4.79 Å². The molecule has 6 nitrogen and oxygen atoms in total. The number of likely N-dealkylation sites (tertiary alicyclic amines) is 1. The second kappa shape index (κ2) is 8.15. The smallest absolute Gasteiger partial charge is 0.219 e. The average Bonchev–Trinajstić information content (AvgIpc) is 3.42. The lowest BCUT2D eigenvalue weighted by Gasteiger charge is -2.25. The zero-order valence-corrected chi connectivity index (χ0v) is 18.6. The summed E-state index contributed by atoms with van der Waals surface area (Å²) in [5.74, 6) is 2.23. The SMILES string of the molecule is CC(=O)N1CCCC1c1cc2[nH]c(-c3ccccn3)nc2cc1Oc1ccc(Br)cc1. The van der Waals surface area contributed by atoms with E-state index < -0.39 is 0 Å². The number of halogens is 1. The Hall–Kier alpha value is -3.19. The highest BCUT2D eigenvalue weighted by molar-refractivity contribution is 9.10. The van der Waals surface area contributed by atoms with Crippen LogP contribution in [0, 0.1) is 0 Å². The second-order valence-corrected chi connectivity index (χ2v) is 8.55. The van der Waals surface area contributed by atoms with Gasteiger partial charge < -0.3 is 14.6 Å². The molecule has 1 saturated heterocycles. The molecule has 1 N–H and O–H groups in total. The minimum Gasteiger partial charge on any atom is -0.457 e. The first kappa shape index (κ1) is 19.8. The lowest BCUT2D eigenvalue weighted by Crippen LogP contribution is -2.28. The summed E-state index contributed by atoms with van der Waals surface area (Å²) in [6, 6.07) is 17.5. The van der Waals surface area contributed by atoms with Crippen molar-refractivity contribution < 1.29 is 9.53 Å². The van der Waals surface area contributed by atoms with Gasteiger partial charge in [-0.3, -0.25) is 9.78 Å². The van der Waals surface area contributed by atoms with Crippen LogP contribution in [0.2, 0.25) is 0 Å². The van der Waals surface area contributed by atoms with E-state index in [-0.39, 0.29) is 11.9 Å². The van der Waals surface area contributed by atoms with Gasteiger partial charge in [0.15, 0.2) is 5.82 Å². The molecule has 2 aromatic heterocycles. The van der Waals surface area contributed by atoms with E-state index in [1.165, 1.54) is 0 Å². The summed E-state index contributed by atoms with van der Waals surface area (Å²) in [5, 5.41) is 0. The summed E-state index contributed by atoms with van der Waals surface area (Å²) in [7, 11) is 0. The Morgan fingerprint density at radius 2 is 2.03 bits per heavy atom. The number of hydrogen-bond acceptors (Lipinski definition) is 4. The van der Waals surface area contributed by atoms with Gasteiger partial charge >= 0.3 is 0 Å². The van der Waals surface area contributed by atoms with E-state index in [1.807, 2.05) is 53.4 Å². The molecule has 7 heteroatoms. The first-order valence-corrected chi connectivity index (χ1v) is 11.0. The molecule has 2 aromatic carbocycles. The number of carbonyl (C=O) groups excluding carboxylic acids is 1. The molecule has 0 spiro atoms. The number of pyridine rings is 1. The lowest BCUT2D eigenvalue weighted by molar-refractivity contribution is -0.129. The first-order chi connectivity index (χ1) is 15.1. The number of carbonyl (C=O) groups is 1. The predicted octanol–water partition coefficient (Wildman–Crippen LogP) is 5.86. The number of benzene rings is 2. The van der Waals surface area contributed by atoms with E-state index in [0.29, 0.717) is 11.6 Å². The van der Waals surface area contributed by atoms with Gasteiger partial charge in [0.25, 0.3) is 0 Å². The van der Waals surface area contributed by atoms with Crippen molar-refractivity contribution in [3.63, 3.8) is 0 Å². The Labute approximate surface area is 188 Å². The van der Waals surface area contributed by atoms with Gasteiger partial charge in [0.1, 0.15) is 17.2 Å². The number of amides is 1. The van der Waals surface area contributed by atoms with Gasteiger partial charge in [-0.15, -0.1) is 0 Å². The normalized spacial score (nSPS) is 16.1. The third-order valence-corrected chi connectivity index (χ3v) is 6.11. The number of H-pyrrole nitrogens is 1. The van der Waals surface area contributed by atoms with Crippen LogP contribution >= 0.6 is 15.9 Å². The molecule has 5 rings (SSSR count). The molecule has 0 aliphatic carbocycles. The van der Waals surface area contributed by atoms with E-state index in [4.69, 9.17) is 9.72 Å². The van der Waals surface area contributed by atoms with Gasteiger partial charge in [-0.05, 0) is 55.3 Å². The van der Waals surface area contributed by atoms with Gasteiger partial charge in [0.05, 0.1) is 17.1 Å². The van der Waals surface area contributed by atoms with Gasteiger partial charge in [0.2, 0.25) is 5.91 Å². The molecule has 1 aliphatic heterocycles. The molecular weight excluding hydrogens is 456 g/mol. The molecule has 1 atom stereocenters. The molecule has 0 bridgehead atoms. The molecule has 31 heavy (non-hydrogen) atoms. The predicted molar refractivity (Wildman–Crippen MR) is 123 cm³/mol. The van der Waals surface area contributed by atoms with Gasteiger partial charge in [-0.2, -0.15) is 0 Å². The summed E-state index contributed by atoms with van der Waals surface area (Å²) in [6.45, 7) is 2.39. The highest BCUT2D eigenvalue weighted by Gasteiger charge is 2.31. The molecule has 3 heterocycles. The number of nitrogens with zero attached hydrogens (tertiary/aromatic N) is 3. The molecule has 1 amide bonds. The summed E-state index contributed by atoms with van der Waals surface area (Å²) in [4.78, 5) is 26.7. The van der Waals surface area contributed by atoms with Crippen molar-refractivity contribution >= 4 is 32.9 Å². The number of imidazole rings is 1. The van der Waals surface area contributed by atoms with Crippen molar-refractivity contribution in [3.05, 3.63) is 70.8 Å². The molecule has 1 unspecified atom stereocenters. The number of hydrogen-bond donors (Lipinski definition) is 1. The Morgan fingerprint density at radius 1 is 1.19 bits per heavy atom. The fourth-order valence-corrected chi connectivity index (χ4v) is 4.39. The van der Waals surface area contributed by atoms with E-state index in [0.717, 1.165) is 51.9 Å². The van der Waals surface area contributed by atoms with E-state index in [1.54, 1.807) is 13.1 Å². The summed E-state index contributed by atoms with van der Waals surface area (Å²) in [6.07, 6.45) is 3.63. The Morgan fingerprint density at radius 3 is 2.77 bits per heavy atom. The fourth-order valence-electron chi connectivity index (χ4n) is 4.12. The number of fused-ring (bicyclic) bond motifs is 1. The molecule has 0 radical (unpaired) electrons. The van der Waals surface area contributed by atoms with Crippen LogP contribution in [0.5, 0.6) is 11.5 Å². The zero-order valence-electron chi connectivity index (χ0n) is 17.0. The van der Waals surface area contributed by atoms with E-state index in [2.05, 4.69) is 32.0 Å². The zero-order chi connectivity index (χ0) is 21.4. The molecule has 1 fully saturated rings. The number of aromatic nitrogens is 3. The van der Waals surface area contributed by atoms with Crippen molar-refractivity contribution in [2.45, 2.75) is 25.8 Å². The van der Waals surface area contributed by atoms with Crippen LogP contribution in [0.15, 0.2) is 65.3 Å². The molecule has 156 valence electrons. The molecule has 0 saturated carbocycles. The highest BCUT2D eigenvalue weighted by Crippen LogP contribution is 2.41. The topological polar surface area (TPSA) is 71.1 Å². The summed E-state index contributed by atoms with van der Waals surface area (Å²) < 4.78 is 7.29. The molecule has 1 aliphatic rings. The third-order valence-electron chi connectivity index (χ3n) is 5.58. The maximum absolute atomic E-state index is 12.2. The van der Waals surface area contributed by atoms with Crippen LogP contribution in [-0.2, 0) is 4.79 Å². The number of rotatable bonds is 4. The Kier molecular flexibility index (Phi) is 5.19. The number of nitrogens with one attached hydrogen (secondary N) is 1. The number of ether oxygens (including phenoxy) is 1. The monoisotopic (exact) mass is 476 g/mol. The lowest BCUT2D eigenvalue weighted by atomic mass is 10.0. The second-order valence-electron chi connectivity index (χ2n) is 7.63. The van der Waals surface area contributed by atoms with Crippen molar-refractivity contribution in [2.75, 3.05) is 6.54 Å². The summed E-state index contributed by atoms with van der Waals surface area (Å²) >= 11 is 3.46. The largest absolute Gasteiger partial charge is 0.457 e. The summed E-state index contributed by atoms with van der Waals surface area (Å²) in [5.41, 5.74) is 3.46. The first-order valence-electron chi connectivity index (χ1n) is 10.2. The van der Waals surface area contributed by atoms with Crippen LogP contribution < -0.4 is 4.74 Å². The maximum atomic E-state index is 12.2. The maximum Gasteiger partial charge on any atom is 0.219 e. The molecule has 4 aromatic rings. The van der Waals surface area contributed by atoms with Crippen molar-refractivity contribution in [1.29, 1.82) is 0 Å². The van der Waals surface area contributed by atoms with Crippen molar-refractivity contribution in [3.8, 4) is 23.0 Å². The fraction of sp³-hybridized carbons (Fsp3) is 0.208. The van der Waals surface area contributed by atoms with Crippen LogP contribution in [-0.4, -0.2) is 32.3 Å². The van der Waals surface area contributed by atoms with Crippen molar-refractivity contribution in [1.82, 2.24) is 19.9 Å². The standard InChI is InChI=1S/C24H21BrN4O2/c1-15(30)29-12-4-6-22(29)18-13-20-21(28-24(27-20)19-5-2-3-11-26-19)14-23(18)31-17-9-7-16(25)8-10-17/h2-3,5,7-11,13-14,22H,4,6,12H2,1H3,(H,27,28). The third kappa shape index (κ3) is 3.93.